The summed E-state index contributed by atoms with van der Waals surface area (Å²) in [5, 5.41) is 2.77. The molecule has 17 heavy (non-hydrogen) atoms. The fourth-order valence-electron chi connectivity index (χ4n) is 1.80. The van der Waals surface area contributed by atoms with Crippen LogP contribution in [0, 0.1) is 0 Å². The van der Waals surface area contributed by atoms with Crippen LogP contribution in [0.15, 0.2) is 42.7 Å². The first-order chi connectivity index (χ1) is 8.31. The Labute approximate surface area is 100 Å². The van der Waals surface area contributed by atoms with Gasteiger partial charge in [-0.25, -0.2) is 4.98 Å². The summed E-state index contributed by atoms with van der Waals surface area (Å²) in [5.74, 6) is 0.319. The van der Waals surface area contributed by atoms with E-state index in [-0.39, 0.29) is 11.8 Å². The first-order valence-corrected chi connectivity index (χ1v) is 5.66. The number of aromatic amines is 1. The van der Waals surface area contributed by atoms with Crippen LogP contribution in [0.2, 0.25) is 0 Å². The number of anilines is 1. The van der Waals surface area contributed by atoms with Gasteiger partial charge in [-0.15, -0.1) is 0 Å². The van der Waals surface area contributed by atoms with Crippen LogP contribution in [0.4, 0.5) is 5.95 Å². The van der Waals surface area contributed by atoms with Gasteiger partial charge in [0.25, 0.3) is 0 Å². The third-order valence-corrected chi connectivity index (χ3v) is 2.67. The van der Waals surface area contributed by atoms with E-state index in [9.17, 15) is 4.79 Å². The minimum absolute atomic E-state index is 0.0337. The largest absolute Gasteiger partial charge is 0.331 e. The number of hydrogen-bond acceptors (Lipinski definition) is 2. The summed E-state index contributed by atoms with van der Waals surface area (Å²) in [5.41, 5.74) is 1.03. The zero-order valence-electron chi connectivity index (χ0n) is 9.68. The molecule has 1 amide bonds. The highest BCUT2D eigenvalue weighted by Gasteiger charge is 2.18. The number of imidazole rings is 1. The quantitative estimate of drug-likeness (QED) is 0.846. The summed E-state index contributed by atoms with van der Waals surface area (Å²) in [7, 11) is 0. The van der Waals surface area contributed by atoms with Crippen molar-refractivity contribution in [3.63, 3.8) is 0 Å². The van der Waals surface area contributed by atoms with Crippen molar-refractivity contribution in [3.8, 4) is 0 Å². The number of benzene rings is 1. The number of hydrogen-bond donors (Lipinski definition) is 2. The molecule has 0 saturated carbocycles. The summed E-state index contributed by atoms with van der Waals surface area (Å²) < 4.78 is 0. The van der Waals surface area contributed by atoms with Crippen molar-refractivity contribution in [2.45, 2.75) is 19.3 Å². The maximum absolute atomic E-state index is 12.1. The van der Waals surface area contributed by atoms with Gasteiger partial charge in [0, 0.05) is 12.4 Å². The highest BCUT2D eigenvalue weighted by molar-refractivity contribution is 5.94. The Hall–Kier alpha value is -2.10. The number of amides is 1. The van der Waals surface area contributed by atoms with E-state index in [0.29, 0.717) is 5.95 Å². The Bertz CT molecular complexity index is 465. The van der Waals surface area contributed by atoms with E-state index in [1.165, 1.54) is 0 Å². The minimum atomic E-state index is -0.138. The standard InChI is InChI=1S/C13H15N3O/c1-2-11(10-6-4-3-5-7-10)12(17)16-13-14-8-9-15-13/h3-9,11H,2H2,1H3,(H2,14,15,16,17). The summed E-state index contributed by atoms with van der Waals surface area (Å²) in [6, 6.07) is 9.77. The summed E-state index contributed by atoms with van der Waals surface area (Å²) in [6.45, 7) is 2.00. The van der Waals surface area contributed by atoms with Crippen molar-refractivity contribution >= 4 is 11.9 Å². The van der Waals surface area contributed by atoms with Crippen LogP contribution < -0.4 is 5.32 Å². The molecule has 0 spiro atoms. The highest BCUT2D eigenvalue weighted by Crippen LogP contribution is 2.20. The van der Waals surface area contributed by atoms with Crippen molar-refractivity contribution in [1.29, 1.82) is 0 Å². The molecule has 2 N–H and O–H groups in total. The van der Waals surface area contributed by atoms with Gasteiger partial charge in [-0.05, 0) is 12.0 Å². The fraction of sp³-hybridized carbons (Fsp3) is 0.231. The highest BCUT2D eigenvalue weighted by atomic mass is 16.2. The molecule has 88 valence electrons. The van der Waals surface area contributed by atoms with Crippen LogP contribution in [0.5, 0.6) is 0 Å². The van der Waals surface area contributed by atoms with Gasteiger partial charge in [-0.1, -0.05) is 37.3 Å². The molecule has 4 nitrogen and oxygen atoms in total. The van der Waals surface area contributed by atoms with Crippen LogP contribution >= 0.6 is 0 Å². The van der Waals surface area contributed by atoms with E-state index in [1.54, 1.807) is 12.4 Å². The maximum atomic E-state index is 12.1. The zero-order valence-corrected chi connectivity index (χ0v) is 9.68. The van der Waals surface area contributed by atoms with E-state index in [4.69, 9.17) is 0 Å². The van der Waals surface area contributed by atoms with Crippen LogP contribution in [-0.4, -0.2) is 15.9 Å². The molecule has 2 rings (SSSR count). The molecular formula is C13H15N3O. The second kappa shape index (κ2) is 5.30. The third-order valence-electron chi connectivity index (χ3n) is 2.67. The van der Waals surface area contributed by atoms with Gasteiger partial charge in [-0.3, -0.25) is 10.1 Å². The van der Waals surface area contributed by atoms with Gasteiger partial charge < -0.3 is 4.98 Å². The second-order valence-corrected chi connectivity index (χ2v) is 3.80. The van der Waals surface area contributed by atoms with E-state index < -0.39 is 0 Å². The molecule has 0 radical (unpaired) electrons. The molecule has 0 aliphatic carbocycles. The number of aromatic nitrogens is 2. The predicted octanol–water partition coefficient (Wildman–Crippen LogP) is 2.54. The normalized spacial score (nSPS) is 12.1. The summed E-state index contributed by atoms with van der Waals surface area (Å²) >= 11 is 0. The molecule has 1 aromatic heterocycles. The average molecular weight is 229 g/mol. The van der Waals surface area contributed by atoms with Crippen molar-refractivity contribution in [2.24, 2.45) is 0 Å². The van der Waals surface area contributed by atoms with Crippen LogP contribution in [-0.2, 0) is 4.79 Å². The van der Waals surface area contributed by atoms with E-state index in [2.05, 4.69) is 15.3 Å². The van der Waals surface area contributed by atoms with Gasteiger partial charge in [0.15, 0.2) is 0 Å². The predicted molar refractivity (Wildman–Crippen MR) is 66.7 cm³/mol. The van der Waals surface area contributed by atoms with Crippen molar-refractivity contribution in [1.82, 2.24) is 9.97 Å². The first kappa shape index (κ1) is 11.4. The lowest BCUT2D eigenvalue weighted by Gasteiger charge is -2.14. The molecule has 1 heterocycles. The smallest absolute Gasteiger partial charge is 0.234 e. The van der Waals surface area contributed by atoms with Crippen molar-refractivity contribution in [3.05, 3.63) is 48.3 Å². The Morgan fingerprint density at radius 1 is 1.41 bits per heavy atom. The fourth-order valence-corrected chi connectivity index (χ4v) is 1.80. The first-order valence-electron chi connectivity index (χ1n) is 5.66. The van der Waals surface area contributed by atoms with Gasteiger partial charge in [0.05, 0.1) is 5.92 Å². The topological polar surface area (TPSA) is 57.8 Å². The molecule has 0 aliphatic heterocycles. The second-order valence-electron chi connectivity index (χ2n) is 3.80. The number of nitrogens with zero attached hydrogens (tertiary/aromatic N) is 1. The molecule has 0 aliphatic rings. The number of carbonyl (C=O) groups excluding carboxylic acids is 1. The van der Waals surface area contributed by atoms with Gasteiger partial charge in [-0.2, -0.15) is 0 Å². The minimum Gasteiger partial charge on any atom is -0.331 e. The Morgan fingerprint density at radius 2 is 2.18 bits per heavy atom. The monoisotopic (exact) mass is 229 g/mol. The van der Waals surface area contributed by atoms with E-state index in [1.807, 2.05) is 37.3 Å². The molecule has 4 heteroatoms. The lowest BCUT2D eigenvalue weighted by Crippen LogP contribution is -2.21. The molecule has 1 aromatic carbocycles. The molecule has 0 fully saturated rings. The van der Waals surface area contributed by atoms with Crippen LogP contribution in [0.25, 0.3) is 0 Å². The zero-order chi connectivity index (χ0) is 12.1. The van der Waals surface area contributed by atoms with Gasteiger partial charge >= 0.3 is 0 Å². The molecule has 0 bridgehead atoms. The molecule has 1 atom stereocenters. The van der Waals surface area contributed by atoms with E-state index in [0.717, 1.165) is 12.0 Å². The molecular weight excluding hydrogens is 214 g/mol. The third kappa shape index (κ3) is 2.72. The molecule has 0 saturated heterocycles. The van der Waals surface area contributed by atoms with E-state index >= 15 is 0 Å². The Morgan fingerprint density at radius 3 is 2.76 bits per heavy atom. The average Bonchev–Trinajstić information content (AvgIpc) is 2.84. The molecule has 1 unspecified atom stereocenters. The lowest BCUT2D eigenvalue weighted by molar-refractivity contribution is -0.117. The van der Waals surface area contributed by atoms with Crippen LogP contribution in [0.1, 0.15) is 24.8 Å². The number of carbonyl (C=O) groups is 1. The molecule has 2 aromatic rings. The number of rotatable bonds is 4. The van der Waals surface area contributed by atoms with Gasteiger partial charge in [0.2, 0.25) is 11.9 Å². The van der Waals surface area contributed by atoms with Crippen molar-refractivity contribution in [2.75, 3.05) is 5.32 Å². The SMILES string of the molecule is CCC(C(=O)Nc1ncc[nH]1)c1ccccc1. The lowest BCUT2D eigenvalue weighted by atomic mass is 9.96. The number of nitrogens with one attached hydrogen (secondary N) is 2. The van der Waals surface area contributed by atoms with Crippen molar-refractivity contribution < 1.29 is 4.79 Å². The van der Waals surface area contributed by atoms with Crippen LogP contribution in [0.3, 0.4) is 0 Å². The maximum Gasteiger partial charge on any atom is 0.234 e. The van der Waals surface area contributed by atoms with Gasteiger partial charge in [0.1, 0.15) is 0 Å². The Balaban J connectivity index is 2.11. The Kier molecular flexibility index (Phi) is 3.55. The summed E-state index contributed by atoms with van der Waals surface area (Å²) in [4.78, 5) is 18.9. The summed E-state index contributed by atoms with van der Waals surface area (Å²) in [6.07, 6.45) is 4.05. The number of H-pyrrole nitrogens is 1.